The molecule has 0 saturated carbocycles. The number of carbonyl (C=O) groups is 1. The molecule has 1 aromatic carbocycles. The maximum Gasteiger partial charge on any atom is 0.239 e. The summed E-state index contributed by atoms with van der Waals surface area (Å²) in [7, 11) is 1.83. The fourth-order valence-corrected chi connectivity index (χ4v) is 3.08. The van der Waals surface area contributed by atoms with E-state index in [1.807, 2.05) is 38.4 Å². The largest absolute Gasteiger partial charge is 0.492 e. The van der Waals surface area contributed by atoms with Crippen LogP contribution in [0.15, 0.2) is 24.4 Å². The third kappa shape index (κ3) is 4.39. The Bertz CT molecular complexity index is 707. The first-order chi connectivity index (χ1) is 12.1. The fraction of sp³-hybridized carbons (Fsp3) is 0.474. The van der Waals surface area contributed by atoms with Crippen LogP contribution in [0, 0.1) is 13.0 Å². The molecular weight excluding hydrogens is 316 g/mol. The van der Waals surface area contributed by atoms with E-state index in [0.717, 1.165) is 48.4 Å². The first-order valence-corrected chi connectivity index (χ1v) is 8.78. The van der Waals surface area contributed by atoms with Gasteiger partial charge in [-0.1, -0.05) is 6.42 Å². The standard InChI is InChI=1S/C19H25N4O2/c1-14-17(13-21-22-14)15-6-5-7-16(12-15)25-11-10-23(2)19(24)18-8-3-4-9-20-18/h6-7,12-13,18,20H,3-4,8-11H2,1-2H3,(H,21,22)/t18-/m0/s1. The van der Waals surface area contributed by atoms with Crippen molar-refractivity contribution in [3.8, 4) is 16.9 Å². The second kappa shape index (κ2) is 8.16. The van der Waals surface area contributed by atoms with Crippen molar-refractivity contribution in [2.45, 2.75) is 32.2 Å². The van der Waals surface area contributed by atoms with Gasteiger partial charge in [0.2, 0.25) is 5.91 Å². The van der Waals surface area contributed by atoms with Crippen molar-refractivity contribution < 1.29 is 9.53 Å². The minimum Gasteiger partial charge on any atom is -0.492 e. The Morgan fingerprint density at radius 2 is 2.32 bits per heavy atom. The summed E-state index contributed by atoms with van der Waals surface area (Å²) < 4.78 is 5.82. The average molecular weight is 341 g/mol. The van der Waals surface area contributed by atoms with Crippen molar-refractivity contribution in [2.75, 3.05) is 26.7 Å². The molecule has 1 aliphatic heterocycles. The number of nitrogens with one attached hydrogen (secondary N) is 2. The van der Waals surface area contributed by atoms with Crippen LogP contribution < -0.4 is 10.1 Å². The Labute approximate surface area is 148 Å². The normalized spacial score (nSPS) is 17.3. The molecule has 6 nitrogen and oxygen atoms in total. The number of aryl methyl sites for hydroxylation is 1. The van der Waals surface area contributed by atoms with Crippen LogP contribution in [-0.4, -0.2) is 53.8 Å². The molecule has 2 heterocycles. The van der Waals surface area contributed by atoms with E-state index in [9.17, 15) is 4.79 Å². The van der Waals surface area contributed by atoms with Gasteiger partial charge < -0.3 is 15.0 Å². The van der Waals surface area contributed by atoms with Gasteiger partial charge in [0.15, 0.2) is 0 Å². The van der Waals surface area contributed by atoms with Gasteiger partial charge in [-0.2, -0.15) is 5.10 Å². The molecule has 1 amide bonds. The van der Waals surface area contributed by atoms with Crippen molar-refractivity contribution >= 4 is 5.91 Å². The minimum absolute atomic E-state index is 0.0422. The molecular formula is C19H25N4O2. The molecule has 25 heavy (non-hydrogen) atoms. The van der Waals surface area contributed by atoms with Crippen molar-refractivity contribution in [3.63, 3.8) is 0 Å². The zero-order valence-corrected chi connectivity index (χ0v) is 14.8. The molecule has 1 fully saturated rings. The molecule has 3 rings (SSSR count). The molecule has 6 heteroatoms. The Kier molecular flexibility index (Phi) is 5.71. The SMILES string of the molecule is Cc1n[nH]cc1-c1c[c]cc(OCCN(C)C(=O)[C@@H]2CCCCN2)c1. The first-order valence-electron chi connectivity index (χ1n) is 8.78. The van der Waals surface area contributed by atoms with Gasteiger partial charge in [-0.15, -0.1) is 0 Å². The summed E-state index contributed by atoms with van der Waals surface area (Å²) in [6, 6.07) is 8.75. The molecule has 2 N–H and O–H groups in total. The number of rotatable bonds is 6. The highest BCUT2D eigenvalue weighted by atomic mass is 16.5. The van der Waals surface area contributed by atoms with Crippen molar-refractivity contribution in [2.24, 2.45) is 0 Å². The van der Waals surface area contributed by atoms with Gasteiger partial charge in [0.1, 0.15) is 12.4 Å². The van der Waals surface area contributed by atoms with E-state index in [4.69, 9.17) is 4.74 Å². The molecule has 1 aliphatic rings. The lowest BCUT2D eigenvalue weighted by molar-refractivity contribution is -0.133. The summed E-state index contributed by atoms with van der Waals surface area (Å²) in [5, 5.41) is 10.3. The van der Waals surface area contributed by atoms with Crippen LogP contribution in [-0.2, 0) is 4.79 Å². The highest BCUT2D eigenvalue weighted by molar-refractivity contribution is 5.81. The van der Waals surface area contributed by atoms with Crippen LogP contribution in [0.1, 0.15) is 25.0 Å². The van der Waals surface area contributed by atoms with Gasteiger partial charge >= 0.3 is 0 Å². The van der Waals surface area contributed by atoms with E-state index in [1.54, 1.807) is 4.90 Å². The molecule has 0 spiro atoms. The van der Waals surface area contributed by atoms with Crippen LogP contribution in [0.5, 0.6) is 5.75 Å². The number of aromatic nitrogens is 2. The number of amides is 1. The van der Waals surface area contributed by atoms with E-state index in [2.05, 4.69) is 21.6 Å². The van der Waals surface area contributed by atoms with Crippen molar-refractivity contribution in [1.82, 2.24) is 20.4 Å². The van der Waals surface area contributed by atoms with Gasteiger partial charge in [0.25, 0.3) is 0 Å². The third-order valence-electron chi connectivity index (χ3n) is 4.58. The number of aromatic amines is 1. The van der Waals surface area contributed by atoms with E-state index in [1.165, 1.54) is 0 Å². The smallest absolute Gasteiger partial charge is 0.239 e. The number of benzene rings is 1. The molecule has 0 unspecified atom stereocenters. The van der Waals surface area contributed by atoms with E-state index < -0.39 is 0 Å². The van der Waals surface area contributed by atoms with Gasteiger partial charge in [-0.3, -0.25) is 9.89 Å². The molecule has 133 valence electrons. The Morgan fingerprint density at radius 3 is 3.04 bits per heavy atom. The second-order valence-electron chi connectivity index (χ2n) is 6.45. The van der Waals surface area contributed by atoms with Crippen LogP contribution >= 0.6 is 0 Å². The van der Waals surface area contributed by atoms with Gasteiger partial charge in [0.05, 0.1) is 18.3 Å². The number of carbonyl (C=O) groups excluding carboxylic acids is 1. The van der Waals surface area contributed by atoms with Crippen molar-refractivity contribution in [1.29, 1.82) is 0 Å². The number of hydrogen-bond acceptors (Lipinski definition) is 4. The lowest BCUT2D eigenvalue weighted by Crippen LogP contribution is -2.48. The Morgan fingerprint density at radius 1 is 1.44 bits per heavy atom. The number of H-pyrrole nitrogens is 1. The highest BCUT2D eigenvalue weighted by Gasteiger charge is 2.23. The highest BCUT2D eigenvalue weighted by Crippen LogP contribution is 2.25. The molecule has 1 atom stereocenters. The quantitative estimate of drug-likeness (QED) is 0.845. The fourth-order valence-electron chi connectivity index (χ4n) is 3.08. The van der Waals surface area contributed by atoms with Gasteiger partial charge in [-0.05, 0) is 56.1 Å². The lowest BCUT2D eigenvalue weighted by atomic mass is 10.0. The summed E-state index contributed by atoms with van der Waals surface area (Å²) in [6.07, 6.45) is 5.06. The minimum atomic E-state index is -0.0422. The molecule has 1 saturated heterocycles. The third-order valence-corrected chi connectivity index (χ3v) is 4.58. The predicted molar refractivity (Wildman–Crippen MR) is 96.4 cm³/mol. The lowest BCUT2D eigenvalue weighted by Gasteiger charge is -2.27. The van der Waals surface area contributed by atoms with Crippen molar-refractivity contribution in [3.05, 3.63) is 36.2 Å². The number of nitrogens with zero attached hydrogens (tertiary/aromatic N) is 2. The summed E-state index contributed by atoms with van der Waals surface area (Å²) in [4.78, 5) is 14.1. The zero-order valence-electron chi connectivity index (χ0n) is 14.8. The number of likely N-dealkylation sites (N-methyl/N-ethyl adjacent to an activating group) is 1. The maximum absolute atomic E-state index is 12.4. The Hall–Kier alpha value is -2.34. The summed E-state index contributed by atoms with van der Waals surface area (Å²) in [6.45, 7) is 3.90. The molecule has 1 radical (unpaired) electrons. The van der Waals surface area contributed by atoms with E-state index in [-0.39, 0.29) is 11.9 Å². The summed E-state index contributed by atoms with van der Waals surface area (Å²) in [5.41, 5.74) is 2.99. The molecule has 2 aromatic rings. The topological polar surface area (TPSA) is 70.2 Å². The molecule has 1 aromatic heterocycles. The van der Waals surface area contributed by atoms with Gasteiger partial charge in [0, 0.05) is 18.8 Å². The van der Waals surface area contributed by atoms with Crippen LogP contribution in [0.2, 0.25) is 0 Å². The van der Waals surface area contributed by atoms with Crippen LogP contribution in [0.3, 0.4) is 0 Å². The summed E-state index contributed by atoms with van der Waals surface area (Å²) >= 11 is 0. The number of ether oxygens (including phenoxy) is 1. The monoisotopic (exact) mass is 341 g/mol. The Balaban J connectivity index is 1.52. The average Bonchev–Trinajstić information content (AvgIpc) is 3.08. The first kappa shape index (κ1) is 17.5. The molecule has 0 aliphatic carbocycles. The van der Waals surface area contributed by atoms with Crippen LogP contribution in [0.25, 0.3) is 11.1 Å². The van der Waals surface area contributed by atoms with Crippen LogP contribution in [0.4, 0.5) is 0 Å². The molecule has 0 bridgehead atoms. The zero-order chi connectivity index (χ0) is 17.6. The number of piperidine rings is 1. The van der Waals surface area contributed by atoms with Gasteiger partial charge in [-0.25, -0.2) is 0 Å². The maximum atomic E-state index is 12.4. The van der Waals surface area contributed by atoms with E-state index in [0.29, 0.717) is 13.2 Å². The summed E-state index contributed by atoms with van der Waals surface area (Å²) in [5.74, 6) is 0.896. The second-order valence-corrected chi connectivity index (χ2v) is 6.45. The van der Waals surface area contributed by atoms with E-state index >= 15 is 0 Å². The number of hydrogen-bond donors (Lipinski definition) is 2. The predicted octanol–water partition coefficient (Wildman–Crippen LogP) is 2.16.